The lowest BCUT2D eigenvalue weighted by Gasteiger charge is -2.12. The van der Waals surface area contributed by atoms with Gasteiger partial charge in [-0.1, -0.05) is 39.8 Å². The first-order valence-corrected chi connectivity index (χ1v) is 6.13. The van der Waals surface area contributed by atoms with E-state index in [-0.39, 0.29) is 11.4 Å². The highest BCUT2D eigenvalue weighted by molar-refractivity contribution is 5.65. The van der Waals surface area contributed by atoms with Crippen molar-refractivity contribution in [1.82, 2.24) is 9.72 Å². The highest BCUT2D eigenvalue weighted by Gasteiger charge is 2.16. The molecule has 0 saturated carbocycles. The normalized spacial score (nSPS) is 16.8. The smallest absolute Gasteiger partial charge is 0.397 e. The third-order valence-electron chi connectivity index (χ3n) is 2.46. The zero-order valence-electron chi connectivity index (χ0n) is 11.7. The predicted molar refractivity (Wildman–Crippen MR) is 76.0 cm³/mol. The van der Waals surface area contributed by atoms with Crippen LogP contribution in [0.1, 0.15) is 27.7 Å². The second kappa shape index (κ2) is 5.60. The minimum absolute atomic E-state index is 0.0225. The number of rotatable bonds is 1. The Hall–Kier alpha value is -2.24. The second-order valence-electron chi connectivity index (χ2n) is 4.45. The van der Waals surface area contributed by atoms with Gasteiger partial charge in [-0.25, -0.2) is 4.79 Å². The van der Waals surface area contributed by atoms with Crippen molar-refractivity contribution < 1.29 is 4.52 Å². The predicted octanol–water partition coefficient (Wildman–Crippen LogP) is 1.72. The first kappa shape index (κ1) is 14.8. The number of nitrogens with two attached hydrogens (primary N) is 2. The molecule has 0 aromatic carbocycles. The fourth-order valence-corrected chi connectivity index (χ4v) is 1.48. The number of hydrogen-bond acceptors (Lipinski definition) is 5. The van der Waals surface area contributed by atoms with Crippen molar-refractivity contribution in [2.45, 2.75) is 27.7 Å². The third-order valence-corrected chi connectivity index (χ3v) is 2.46. The van der Waals surface area contributed by atoms with E-state index in [2.05, 4.69) is 4.98 Å². The Morgan fingerprint density at radius 1 is 1.21 bits per heavy atom. The maximum atomic E-state index is 11.0. The largest absolute Gasteiger partial charge is 0.461 e. The van der Waals surface area contributed by atoms with Crippen LogP contribution in [0.2, 0.25) is 0 Å². The quantitative estimate of drug-likeness (QED) is 0.804. The van der Waals surface area contributed by atoms with Crippen molar-refractivity contribution in [3.05, 3.63) is 40.6 Å². The molecule has 0 unspecified atom stereocenters. The van der Waals surface area contributed by atoms with Gasteiger partial charge in [0, 0.05) is 5.41 Å². The molecule has 1 heterocycles. The molecule has 0 atom stereocenters. The maximum absolute atomic E-state index is 11.0. The molecule has 0 bridgehead atoms. The molecule has 0 spiro atoms. The van der Waals surface area contributed by atoms with Crippen molar-refractivity contribution >= 4 is 11.6 Å². The maximum Gasteiger partial charge on any atom is 0.461 e. The molecule has 1 aliphatic rings. The van der Waals surface area contributed by atoms with Gasteiger partial charge in [0.25, 0.3) is 0 Å². The van der Waals surface area contributed by atoms with Gasteiger partial charge < -0.3 is 16.0 Å². The van der Waals surface area contributed by atoms with Crippen molar-refractivity contribution in [2.75, 3.05) is 5.73 Å². The lowest BCUT2D eigenvalue weighted by molar-refractivity contribution is 0.331. The van der Waals surface area contributed by atoms with Gasteiger partial charge in [0.1, 0.15) is 5.70 Å². The number of nitrogens with zero attached hydrogens (tertiary/aromatic N) is 2. The standard InChI is InChI=1S/C11H14N4O2.C2H6/c1-11(2)5-3-7(12)8(4-6-11)15-9(13)14-10(16)17-15;1-2/h3-6H,12H2,1-2H3,(H2,13,14,16);1-2H3. The molecule has 2 rings (SSSR count). The molecular weight excluding hydrogens is 244 g/mol. The van der Waals surface area contributed by atoms with Crippen molar-refractivity contribution in [3.63, 3.8) is 0 Å². The van der Waals surface area contributed by atoms with Crippen molar-refractivity contribution in [1.29, 1.82) is 0 Å². The van der Waals surface area contributed by atoms with Gasteiger partial charge in [0.05, 0.1) is 5.70 Å². The summed E-state index contributed by atoms with van der Waals surface area (Å²) in [4.78, 5) is 14.4. The monoisotopic (exact) mass is 264 g/mol. The molecule has 4 N–H and O–H groups in total. The molecule has 0 aliphatic heterocycles. The summed E-state index contributed by atoms with van der Waals surface area (Å²) in [6.07, 6.45) is 7.42. The number of nitrogen functional groups attached to an aromatic ring is 1. The molecule has 19 heavy (non-hydrogen) atoms. The van der Waals surface area contributed by atoms with Gasteiger partial charge in [-0.05, 0) is 12.2 Å². The van der Waals surface area contributed by atoms with E-state index in [1.54, 1.807) is 12.2 Å². The van der Waals surface area contributed by atoms with Gasteiger partial charge in [0.2, 0.25) is 5.95 Å². The second-order valence-corrected chi connectivity index (χ2v) is 4.45. The molecule has 0 amide bonds. The lowest BCUT2D eigenvalue weighted by atomic mass is 9.93. The van der Waals surface area contributed by atoms with Crippen molar-refractivity contribution in [3.8, 4) is 0 Å². The summed E-state index contributed by atoms with van der Waals surface area (Å²) in [6, 6.07) is 0. The van der Waals surface area contributed by atoms with Gasteiger partial charge in [-0.2, -0.15) is 0 Å². The molecule has 6 heteroatoms. The van der Waals surface area contributed by atoms with Crippen LogP contribution >= 0.6 is 0 Å². The molecule has 1 aliphatic carbocycles. The third kappa shape index (κ3) is 3.37. The molecule has 0 fully saturated rings. The van der Waals surface area contributed by atoms with E-state index in [0.717, 1.165) is 4.74 Å². The molecule has 6 nitrogen and oxygen atoms in total. The Morgan fingerprint density at radius 3 is 2.32 bits per heavy atom. The summed E-state index contributed by atoms with van der Waals surface area (Å²) in [5.41, 5.74) is 12.3. The van der Waals surface area contributed by atoms with E-state index in [1.165, 1.54) is 0 Å². The minimum Gasteiger partial charge on any atom is -0.397 e. The highest BCUT2D eigenvalue weighted by atomic mass is 16.5. The first-order valence-electron chi connectivity index (χ1n) is 6.13. The fourth-order valence-electron chi connectivity index (χ4n) is 1.48. The Morgan fingerprint density at radius 2 is 1.79 bits per heavy atom. The molecule has 1 aromatic rings. The highest BCUT2D eigenvalue weighted by Crippen LogP contribution is 2.26. The SMILES string of the molecule is CC.CC1(C)C=CC(N)=C(n2oc(=O)nc2N)C=C1. The van der Waals surface area contributed by atoms with Gasteiger partial charge >= 0.3 is 5.76 Å². The van der Waals surface area contributed by atoms with Crippen LogP contribution in [-0.2, 0) is 0 Å². The van der Waals surface area contributed by atoms with E-state index < -0.39 is 5.76 Å². The van der Waals surface area contributed by atoms with Crippen LogP contribution in [0, 0.1) is 5.41 Å². The van der Waals surface area contributed by atoms with Crippen LogP contribution < -0.4 is 17.2 Å². The summed E-state index contributed by atoms with van der Waals surface area (Å²) in [5, 5.41) is 0. The topological polar surface area (TPSA) is 100 Å². The number of aromatic nitrogens is 2. The van der Waals surface area contributed by atoms with E-state index >= 15 is 0 Å². The van der Waals surface area contributed by atoms with Crippen LogP contribution in [0.15, 0.2) is 39.3 Å². The van der Waals surface area contributed by atoms with Crippen LogP contribution in [0.25, 0.3) is 5.70 Å². The van der Waals surface area contributed by atoms with Gasteiger partial charge in [-0.3, -0.25) is 0 Å². The number of allylic oxidation sites excluding steroid dienone is 5. The Balaban J connectivity index is 0.000000861. The summed E-state index contributed by atoms with van der Waals surface area (Å²) in [5.74, 6) is -0.769. The molecule has 0 saturated heterocycles. The molecular formula is C13H20N4O2. The van der Waals surface area contributed by atoms with Crippen LogP contribution in [0.5, 0.6) is 0 Å². The van der Waals surface area contributed by atoms with Crippen molar-refractivity contribution in [2.24, 2.45) is 11.1 Å². The van der Waals surface area contributed by atoms with Crippen LogP contribution in [-0.4, -0.2) is 9.72 Å². The average molecular weight is 264 g/mol. The summed E-state index contributed by atoms with van der Waals surface area (Å²) < 4.78 is 5.97. The zero-order valence-corrected chi connectivity index (χ0v) is 11.7. The first-order chi connectivity index (χ1) is 8.89. The Bertz CT molecular complexity index is 588. The summed E-state index contributed by atoms with van der Waals surface area (Å²) >= 11 is 0. The van der Waals surface area contributed by atoms with E-state index in [0.29, 0.717) is 11.4 Å². The minimum atomic E-state index is -0.747. The summed E-state index contributed by atoms with van der Waals surface area (Å²) in [6.45, 7) is 8.06. The van der Waals surface area contributed by atoms with E-state index in [1.807, 2.05) is 39.8 Å². The van der Waals surface area contributed by atoms with Gasteiger partial charge in [0.15, 0.2) is 0 Å². The number of hydrogen-bond donors (Lipinski definition) is 2. The van der Waals surface area contributed by atoms with Gasteiger partial charge in [-0.15, -0.1) is 9.72 Å². The Kier molecular flexibility index (Phi) is 4.37. The van der Waals surface area contributed by atoms with E-state index in [4.69, 9.17) is 16.0 Å². The van der Waals surface area contributed by atoms with Crippen LogP contribution in [0.4, 0.5) is 5.95 Å². The Labute approximate surface area is 112 Å². The summed E-state index contributed by atoms with van der Waals surface area (Å²) in [7, 11) is 0. The zero-order chi connectivity index (χ0) is 14.6. The van der Waals surface area contributed by atoms with E-state index in [9.17, 15) is 4.79 Å². The van der Waals surface area contributed by atoms with Crippen LogP contribution in [0.3, 0.4) is 0 Å². The molecule has 104 valence electrons. The number of anilines is 1. The molecule has 1 aromatic heterocycles. The average Bonchev–Trinajstić information content (AvgIpc) is 2.61. The fraction of sp³-hybridized carbons (Fsp3) is 0.385. The lowest BCUT2D eigenvalue weighted by Crippen LogP contribution is -2.06. The molecule has 0 radical (unpaired) electrons.